The van der Waals surface area contributed by atoms with Crippen LogP contribution >= 0.6 is 11.8 Å². The lowest BCUT2D eigenvalue weighted by molar-refractivity contribution is -0.146. The molecule has 0 aliphatic carbocycles. The van der Waals surface area contributed by atoms with Crippen LogP contribution in [0.5, 0.6) is 0 Å². The summed E-state index contributed by atoms with van der Waals surface area (Å²) in [7, 11) is 1.63. The summed E-state index contributed by atoms with van der Waals surface area (Å²) in [6, 6.07) is 0. The second kappa shape index (κ2) is 9.60. The Morgan fingerprint density at radius 2 is 2.00 bits per heavy atom. The van der Waals surface area contributed by atoms with Crippen molar-refractivity contribution < 1.29 is 14.9 Å². The number of aliphatic hydroxyl groups is 2. The molecule has 4 atom stereocenters. The summed E-state index contributed by atoms with van der Waals surface area (Å²) in [5.41, 5.74) is 5.45. The number of nitrogens with two attached hydrogens (primary N) is 1. The molecule has 6 heteroatoms. The van der Waals surface area contributed by atoms with E-state index in [1.165, 1.54) is 31.0 Å². The van der Waals surface area contributed by atoms with Gasteiger partial charge in [-0.25, -0.2) is 0 Å². The molecule has 0 spiro atoms. The SMILES string of the molecule is CCCCCCCC1O[C@H](SC(N)=NC)CC(O)[C@@H]1O. The highest BCUT2D eigenvalue weighted by Gasteiger charge is 2.36. The van der Waals surface area contributed by atoms with E-state index in [2.05, 4.69) is 11.9 Å². The monoisotopic (exact) mass is 304 g/mol. The summed E-state index contributed by atoms with van der Waals surface area (Å²) in [4.78, 5) is 3.88. The third kappa shape index (κ3) is 5.99. The standard InChI is InChI=1S/C14H28N2O3S/c1-3-4-5-6-7-8-11-13(18)10(17)9-12(19-11)20-14(15)16-2/h10-13,17-18H,3-9H2,1-2H3,(H2,15,16)/t10?,11?,12-,13+/m1/s1. The summed E-state index contributed by atoms with van der Waals surface area (Å²) in [5.74, 6) is 0. The van der Waals surface area contributed by atoms with Crippen LogP contribution in [0.15, 0.2) is 4.99 Å². The number of amidine groups is 1. The van der Waals surface area contributed by atoms with Crippen molar-refractivity contribution in [3.05, 3.63) is 0 Å². The molecule has 0 radical (unpaired) electrons. The Morgan fingerprint density at radius 3 is 2.65 bits per heavy atom. The van der Waals surface area contributed by atoms with E-state index in [1.54, 1.807) is 7.05 Å². The van der Waals surface area contributed by atoms with Gasteiger partial charge in [0.2, 0.25) is 0 Å². The molecule has 0 aromatic rings. The van der Waals surface area contributed by atoms with Crippen LogP contribution in [0.25, 0.3) is 0 Å². The van der Waals surface area contributed by atoms with E-state index in [-0.39, 0.29) is 11.5 Å². The molecule has 1 heterocycles. The number of hydrogen-bond acceptors (Lipinski definition) is 5. The van der Waals surface area contributed by atoms with Crippen molar-refractivity contribution in [1.82, 2.24) is 0 Å². The van der Waals surface area contributed by atoms with Gasteiger partial charge in [0.25, 0.3) is 0 Å². The van der Waals surface area contributed by atoms with Gasteiger partial charge < -0.3 is 20.7 Å². The number of aliphatic hydroxyl groups excluding tert-OH is 2. The minimum absolute atomic E-state index is 0.224. The lowest BCUT2D eigenvalue weighted by atomic mass is 9.97. The van der Waals surface area contributed by atoms with Crippen LogP contribution in [0.2, 0.25) is 0 Å². The highest BCUT2D eigenvalue weighted by Crippen LogP contribution is 2.30. The zero-order chi connectivity index (χ0) is 15.0. The smallest absolute Gasteiger partial charge is 0.156 e. The molecule has 118 valence electrons. The molecular weight excluding hydrogens is 276 g/mol. The van der Waals surface area contributed by atoms with Crippen LogP contribution in [0, 0.1) is 0 Å². The molecule has 1 saturated heterocycles. The van der Waals surface area contributed by atoms with Crippen molar-refractivity contribution in [3.63, 3.8) is 0 Å². The van der Waals surface area contributed by atoms with Crippen LogP contribution in [0.3, 0.4) is 0 Å². The maximum atomic E-state index is 10.0. The number of nitrogens with zero attached hydrogens (tertiary/aromatic N) is 1. The first-order valence-corrected chi connectivity index (χ1v) is 8.37. The van der Waals surface area contributed by atoms with Gasteiger partial charge in [0, 0.05) is 13.5 Å². The van der Waals surface area contributed by atoms with Gasteiger partial charge >= 0.3 is 0 Å². The topological polar surface area (TPSA) is 88.1 Å². The van der Waals surface area contributed by atoms with E-state index in [9.17, 15) is 10.2 Å². The molecule has 0 aromatic heterocycles. The van der Waals surface area contributed by atoms with Gasteiger partial charge in [0.15, 0.2) is 5.17 Å². The number of ether oxygens (including phenoxy) is 1. The molecular formula is C14H28N2O3S. The molecule has 1 rings (SSSR count). The molecule has 4 N–H and O–H groups in total. The van der Waals surface area contributed by atoms with Gasteiger partial charge in [-0.15, -0.1) is 0 Å². The Hall–Kier alpha value is -0.300. The number of thioether (sulfide) groups is 1. The van der Waals surface area contributed by atoms with E-state index >= 15 is 0 Å². The maximum absolute atomic E-state index is 10.0. The van der Waals surface area contributed by atoms with Gasteiger partial charge in [0.1, 0.15) is 11.5 Å². The predicted molar refractivity (Wildman–Crippen MR) is 83.8 cm³/mol. The zero-order valence-electron chi connectivity index (χ0n) is 12.5. The van der Waals surface area contributed by atoms with Crippen LogP contribution in [0.1, 0.15) is 51.9 Å². The fourth-order valence-electron chi connectivity index (χ4n) is 2.37. The van der Waals surface area contributed by atoms with Gasteiger partial charge in [0.05, 0.1) is 12.2 Å². The third-order valence-electron chi connectivity index (χ3n) is 3.60. The number of hydrogen-bond donors (Lipinski definition) is 3. The van der Waals surface area contributed by atoms with E-state index in [0.29, 0.717) is 11.6 Å². The van der Waals surface area contributed by atoms with Crippen LogP contribution < -0.4 is 5.73 Å². The van der Waals surface area contributed by atoms with E-state index < -0.39 is 12.2 Å². The van der Waals surface area contributed by atoms with Crippen molar-refractivity contribution in [1.29, 1.82) is 0 Å². The first-order valence-electron chi connectivity index (χ1n) is 7.49. The van der Waals surface area contributed by atoms with Gasteiger partial charge in [-0.1, -0.05) is 50.8 Å². The molecule has 0 saturated carbocycles. The largest absolute Gasteiger partial charge is 0.390 e. The van der Waals surface area contributed by atoms with Gasteiger partial charge in [-0.2, -0.15) is 0 Å². The van der Waals surface area contributed by atoms with E-state index in [1.807, 2.05) is 0 Å². The second-order valence-corrected chi connectivity index (χ2v) is 6.46. The van der Waals surface area contributed by atoms with Crippen LogP contribution in [-0.4, -0.2) is 46.2 Å². The number of unbranched alkanes of at least 4 members (excludes halogenated alkanes) is 4. The van der Waals surface area contributed by atoms with Gasteiger partial charge in [-0.05, 0) is 6.42 Å². The molecule has 2 unspecified atom stereocenters. The number of rotatable bonds is 7. The molecule has 0 bridgehead atoms. The number of aliphatic imine (C=N–C) groups is 1. The fourth-order valence-corrected chi connectivity index (χ4v) is 3.23. The van der Waals surface area contributed by atoms with Gasteiger partial charge in [-0.3, -0.25) is 4.99 Å². The molecule has 1 fully saturated rings. The van der Waals surface area contributed by atoms with Crippen LogP contribution in [0.4, 0.5) is 0 Å². The van der Waals surface area contributed by atoms with Crippen molar-refractivity contribution in [2.45, 2.75) is 75.6 Å². The highest BCUT2D eigenvalue weighted by atomic mass is 32.2. The summed E-state index contributed by atoms with van der Waals surface area (Å²) in [6.07, 6.45) is 5.17. The predicted octanol–water partition coefficient (Wildman–Crippen LogP) is 1.86. The Balaban J connectivity index is 2.38. The summed E-state index contributed by atoms with van der Waals surface area (Å²) >= 11 is 1.31. The highest BCUT2D eigenvalue weighted by molar-refractivity contribution is 8.14. The quantitative estimate of drug-likeness (QED) is 0.379. The van der Waals surface area contributed by atoms with Crippen molar-refractivity contribution in [2.24, 2.45) is 10.7 Å². The lowest BCUT2D eigenvalue weighted by Gasteiger charge is -2.36. The minimum atomic E-state index is -0.794. The molecule has 0 aromatic carbocycles. The molecule has 20 heavy (non-hydrogen) atoms. The Labute approximate surface area is 126 Å². The summed E-state index contributed by atoms with van der Waals surface area (Å²) in [6.45, 7) is 2.19. The molecule has 0 amide bonds. The second-order valence-electron chi connectivity index (χ2n) is 5.28. The Kier molecular flexibility index (Phi) is 8.52. The minimum Gasteiger partial charge on any atom is -0.390 e. The Bertz CT molecular complexity index is 302. The lowest BCUT2D eigenvalue weighted by Crippen LogP contribution is -2.47. The van der Waals surface area contributed by atoms with E-state index in [0.717, 1.165) is 19.3 Å². The van der Waals surface area contributed by atoms with Crippen molar-refractivity contribution >= 4 is 16.9 Å². The van der Waals surface area contributed by atoms with Crippen molar-refractivity contribution in [3.8, 4) is 0 Å². The Morgan fingerprint density at radius 1 is 1.30 bits per heavy atom. The average molecular weight is 304 g/mol. The molecule has 1 aliphatic heterocycles. The van der Waals surface area contributed by atoms with Crippen molar-refractivity contribution in [2.75, 3.05) is 7.05 Å². The maximum Gasteiger partial charge on any atom is 0.156 e. The fraction of sp³-hybridized carbons (Fsp3) is 0.929. The summed E-state index contributed by atoms with van der Waals surface area (Å²) in [5, 5.41) is 20.4. The zero-order valence-corrected chi connectivity index (χ0v) is 13.3. The normalized spacial score (nSPS) is 31.5. The average Bonchev–Trinajstić information content (AvgIpc) is 2.43. The molecule has 5 nitrogen and oxygen atoms in total. The summed E-state index contributed by atoms with van der Waals surface area (Å²) < 4.78 is 5.84. The first-order chi connectivity index (χ1) is 9.58. The molecule has 1 aliphatic rings. The first kappa shape index (κ1) is 17.8. The van der Waals surface area contributed by atoms with E-state index in [4.69, 9.17) is 10.5 Å². The van der Waals surface area contributed by atoms with Crippen LogP contribution in [-0.2, 0) is 4.74 Å². The third-order valence-corrected chi connectivity index (χ3v) is 4.59.